The van der Waals surface area contributed by atoms with Crippen LogP contribution in [0.4, 0.5) is 0 Å². The zero-order valence-corrected chi connectivity index (χ0v) is 13.7. The number of hydrogen-bond acceptors (Lipinski definition) is 6. The summed E-state index contributed by atoms with van der Waals surface area (Å²) < 4.78 is 27.4. The lowest BCUT2D eigenvalue weighted by molar-refractivity contribution is -0.190. The Morgan fingerprint density at radius 1 is 1.22 bits per heavy atom. The van der Waals surface area contributed by atoms with E-state index >= 15 is 0 Å². The fourth-order valence-electron chi connectivity index (χ4n) is 2.51. The van der Waals surface area contributed by atoms with Gasteiger partial charge in [0.25, 0.3) is 0 Å². The molecule has 0 aliphatic carbocycles. The highest BCUT2D eigenvalue weighted by molar-refractivity contribution is 5.15. The van der Waals surface area contributed by atoms with E-state index in [2.05, 4.69) is 0 Å². The molecule has 6 heteroatoms. The van der Waals surface area contributed by atoms with Crippen molar-refractivity contribution in [1.82, 2.24) is 0 Å². The van der Waals surface area contributed by atoms with E-state index in [1.807, 2.05) is 30.3 Å². The largest absolute Gasteiger partial charge is 0.388 e. The minimum absolute atomic E-state index is 0.132. The first-order valence-electron chi connectivity index (χ1n) is 7.84. The molecule has 0 aromatic heterocycles. The van der Waals surface area contributed by atoms with Crippen molar-refractivity contribution in [3.8, 4) is 0 Å². The minimum atomic E-state index is -0.615. The molecule has 1 aliphatic rings. The molecule has 1 aromatic carbocycles. The van der Waals surface area contributed by atoms with Crippen LogP contribution in [-0.2, 0) is 23.7 Å². The van der Waals surface area contributed by atoms with Crippen LogP contribution >= 0.6 is 0 Å². The highest BCUT2D eigenvalue weighted by atomic mass is 16.7. The van der Waals surface area contributed by atoms with Crippen LogP contribution in [0.15, 0.2) is 30.3 Å². The molecule has 1 saturated heterocycles. The van der Waals surface area contributed by atoms with E-state index in [4.69, 9.17) is 23.7 Å². The van der Waals surface area contributed by atoms with Crippen LogP contribution in [0.25, 0.3) is 0 Å². The van der Waals surface area contributed by atoms with Gasteiger partial charge in [0.1, 0.15) is 6.10 Å². The smallest absolute Gasteiger partial charge is 0.183 e. The Morgan fingerprint density at radius 2 is 2.00 bits per heavy atom. The number of ether oxygens (including phenoxy) is 5. The lowest BCUT2D eigenvalue weighted by atomic mass is 10.0. The molecule has 1 fully saturated rings. The van der Waals surface area contributed by atoms with Crippen molar-refractivity contribution in [1.29, 1.82) is 0 Å². The van der Waals surface area contributed by atoms with Gasteiger partial charge in [-0.25, -0.2) is 0 Å². The van der Waals surface area contributed by atoms with Crippen molar-refractivity contribution >= 4 is 0 Å². The lowest BCUT2D eigenvalue weighted by Crippen LogP contribution is -2.44. The molecule has 1 N–H and O–H groups in total. The van der Waals surface area contributed by atoms with Crippen LogP contribution in [0.3, 0.4) is 0 Å². The van der Waals surface area contributed by atoms with Gasteiger partial charge in [-0.3, -0.25) is 0 Å². The first-order valence-corrected chi connectivity index (χ1v) is 7.84. The van der Waals surface area contributed by atoms with Gasteiger partial charge in [-0.15, -0.1) is 0 Å². The first-order chi connectivity index (χ1) is 11.2. The van der Waals surface area contributed by atoms with Crippen LogP contribution in [0.1, 0.15) is 18.3 Å². The monoisotopic (exact) mass is 326 g/mol. The average molecular weight is 326 g/mol. The number of methoxy groups -OCH3 is 2. The van der Waals surface area contributed by atoms with Gasteiger partial charge in [0, 0.05) is 26.2 Å². The molecular formula is C17H26O6. The SMILES string of the molecule is COCCO[C@@H]1CC(COC(OC)c2ccccc2)OC[C@@H]1O. The van der Waals surface area contributed by atoms with Gasteiger partial charge in [-0.1, -0.05) is 30.3 Å². The van der Waals surface area contributed by atoms with Gasteiger partial charge in [0.2, 0.25) is 0 Å². The molecule has 2 rings (SSSR count). The van der Waals surface area contributed by atoms with Gasteiger partial charge in [-0.2, -0.15) is 0 Å². The van der Waals surface area contributed by atoms with Gasteiger partial charge in [0.15, 0.2) is 6.29 Å². The van der Waals surface area contributed by atoms with Crippen LogP contribution in [0, 0.1) is 0 Å². The summed E-state index contributed by atoms with van der Waals surface area (Å²) in [5.41, 5.74) is 0.957. The van der Waals surface area contributed by atoms with E-state index in [0.29, 0.717) is 26.2 Å². The van der Waals surface area contributed by atoms with Gasteiger partial charge in [-0.05, 0) is 0 Å². The van der Waals surface area contributed by atoms with E-state index in [-0.39, 0.29) is 18.8 Å². The van der Waals surface area contributed by atoms with E-state index in [1.165, 1.54) is 0 Å². The van der Waals surface area contributed by atoms with Crippen LogP contribution in [0.5, 0.6) is 0 Å². The predicted octanol–water partition coefficient (Wildman–Crippen LogP) is 1.53. The normalized spacial score (nSPS) is 26.1. The Morgan fingerprint density at radius 3 is 2.70 bits per heavy atom. The maximum atomic E-state index is 9.93. The molecule has 0 amide bonds. The Labute approximate surface area is 137 Å². The summed E-state index contributed by atoms with van der Waals surface area (Å²) in [4.78, 5) is 0. The summed E-state index contributed by atoms with van der Waals surface area (Å²) in [6, 6.07) is 9.74. The highest BCUT2D eigenvalue weighted by Crippen LogP contribution is 2.22. The van der Waals surface area contributed by atoms with Crippen molar-refractivity contribution < 1.29 is 28.8 Å². The number of rotatable bonds is 9. The average Bonchev–Trinajstić information content (AvgIpc) is 2.59. The maximum absolute atomic E-state index is 9.93. The quantitative estimate of drug-likeness (QED) is 0.548. The zero-order chi connectivity index (χ0) is 16.5. The first kappa shape index (κ1) is 18.3. The summed E-state index contributed by atoms with van der Waals surface area (Å²) in [7, 11) is 3.23. The number of hydrogen-bond donors (Lipinski definition) is 1. The number of benzene rings is 1. The van der Waals surface area contributed by atoms with E-state index in [1.54, 1.807) is 14.2 Å². The molecule has 130 valence electrons. The topological polar surface area (TPSA) is 66.4 Å². The van der Waals surface area contributed by atoms with Gasteiger partial charge in [0.05, 0.1) is 38.6 Å². The Kier molecular flexibility index (Phi) is 7.94. The minimum Gasteiger partial charge on any atom is -0.388 e. The third kappa shape index (κ3) is 5.84. The van der Waals surface area contributed by atoms with E-state index in [0.717, 1.165) is 5.56 Å². The summed E-state index contributed by atoms with van der Waals surface area (Å²) >= 11 is 0. The molecule has 1 heterocycles. The van der Waals surface area contributed by atoms with Gasteiger partial charge >= 0.3 is 0 Å². The van der Waals surface area contributed by atoms with E-state index < -0.39 is 12.4 Å². The molecule has 6 nitrogen and oxygen atoms in total. The second kappa shape index (κ2) is 9.97. The Hall–Kier alpha value is -1.02. The van der Waals surface area contributed by atoms with E-state index in [9.17, 15) is 5.11 Å². The number of aliphatic hydroxyl groups is 1. The molecule has 23 heavy (non-hydrogen) atoms. The third-order valence-electron chi connectivity index (χ3n) is 3.77. The maximum Gasteiger partial charge on any atom is 0.183 e. The van der Waals surface area contributed by atoms with Crippen molar-refractivity contribution in [3.63, 3.8) is 0 Å². The summed E-state index contributed by atoms with van der Waals surface area (Å²) in [5.74, 6) is 0. The molecule has 0 saturated carbocycles. The van der Waals surface area contributed by atoms with Crippen molar-refractivity contribution in [2.45, 2.75) is 31.0 Å². The standard InChI is InChI=1S/C17H26O6/c1-19-8-9-21-16-10-14(22-12-15(16)18)11-23-17(20-2)13-6-4-3-5-7-13/h3-7,14-18H,8-12H2,1-2H3/t14?,15-,16+,17?/m0/s1. The fraction of sp³-hybridized carbons (Fsp3) is 0.647. The third-order valence-corrected chi connectivity index (χ3v) is 3.77. The molecular weight excluding hydrogens is 300 g/mol. The second-order valence-corrected chi connectivity index (χ2v) is 5.47. The summed E-state index contributed by atoms with van der Waals surface area (Å²) in [6.07, 6.45) is -0.858. The molecule has 1 aromatic rings. The van der Waals surface area contributed by atoms with Crippen LogP contribution in [-0.4, -0.2) is 64.1 Å². The highest BCUT2D eigenvalue weighted by Gasteiger charge is 2.31. The van der Waals surface area contributed by atoms with Crippen molar-refractivity contribution in [2.24, 2.45) is 0 Å². The van der Waals surface area contributed by atoms with Crippen LogP contribution in [0.2, 0.25) is 0 Å². The predicted molar refractivity (Wildman–Crippen MR) is 84.1 cm³/mol. The summed E-state index contributed by atoms with van der Waals surface area (Å²) in [6.45, 7) is 1.58. The molecule has 0 radical (unpaired) electrons. The fourth-order valence-corrected chi connectivity index (χ4v) is 2.51. The molecule has 2 unspecified atom stereocenters. The number of aliphatic hydroxyl groups excluding tert-OH is 1. The zero-order valence-electron chi connectivity index (χ0n) is 13.7. The molecule has 1 aliphatic heterocycles. The summed E-state index contributed by atoms with van der Waals surface area (Å²) in [5, 5.41) is 9.93. The second-order valence-electron chi connectivity index (χ2n) is 5.47. The Balaban J connectivity index is 1.80. The van der Waals surface area contributed by atoms with Crippen LogP contribution < -0.4 is 0 Å². The molecule has 0 bridgehead atoms. The lowest BCUT2D eigenvalue weighted by Gasteiger charge is -2.33. The molecule has 4 atom stereocenters. The van der Waals surface area contributed by atoms with Crippen molar-refractivity contribution in [2.75, 3.05) is 40.6 Å². The molecule has 0 spiro atoms. The van der Waals surface area contributed by atoms with Gasteiger partial charge < -0.3 is 28.8 Å². The van der Waals surface area contributed by atoms with Crippen molar-refractivity contribution in [3.05, 3.63) is 35.9 Å². The Bertz CT molecular complexity index is 426.